The Morgan fingerprint density at radius 2 is 1.71 bits per heavy atom. The lowest BCUT2D eigenvalue weighted by Gasteiger charge is -2.43. The molecule has 4 aliphatic rings. The number of hydrogen-bond acceptors (Lipinski definition) is 10. The van der Waals surface area contributed by atoms with Crippen LogP contribution in [-0.2, 0) is 9.59 Å². The SMILES string of the molecule is C[C@@H]1CN(c2ccc3ncc(-c4cnn([C@H]5C[C@H](CCCNc6ccc7c(c6)C(=O)N(C6CCC(=O)NC6=O)C7=O)C5)c4)nc3c2)C[C@H](C)N1C. The van der Waals surface area contributed by atoms with E-state index in [4.69, 9.17) is 15.1 Å². The van der Waals surface area contributed by atoms with Crippen molar-refractivity contribution < 1.29 is 19.2 Å². The molecular weight excluding hydrogens is 646 g/mol. The molecule has 2 N–H and O–H groups in total. The lowest BCUT2D eigenvalue weighted by Crippen LogP contribution is -2.55. The molecule has 4 aromatic rings. The molecule has 3 atom stereocenters. The number of rotatable bonds is 9. The van der Waals surface area contributed by atoms with Crippen LogP contribution < -0.4 is 15.5 Å². The molecule has 1 unspecified atom stereocenters. The molecule has 0 radical (unpaired) electrons. The van der Waals surface area contributed by atoms with Crippen molar-refractivity contribution in [3.05, 3.63) is 66.1 Å². The van der Waals surface area contributed by atoms with Crippen LogP contribution in [0.25, 0.3) is 22.3 Å². The van der Waals surface area contributed by atoms with Gasteiger partial charge in [-0.15, -0.1) is 0 Å². The number of imide groups is 2. The highest BCUT2D eigenvalue weighted by molar-refractivity contribution is 6.23. The smallest absolute Gasteiger partial charge is 0.262 e. The molecule has 13 heteroatoms. The van der Waals surface area contributed by atoms with Gasteiger partial charge in [0.25, 0.3) is 11.8 Å². The summed E-state index contributed by atoms with van der Waals surface area (Å²) in [5, 5.41) is 10.3. The molecule has 3 fully saturated rings. The molecule has 5 heterocycles. The van der Waals surface area contributed by atoms with Gasteiger partial charge in [0, 0.05) is 61.3 Å². The first-order chi connectivity index (χ1) is 24.6. The molecule has 2 aromatic heterocycles. The number of carbonyl (C=O) groups is 4. The van der Waals surface area contributed by atoms with Gasteiger partial charge in [-0.1, -0.05) is 0 Å². The Labute approximate surface area is 296 Å². The third-order valence-electron chi connectivity index (χ3n) is 11.3. The van der Waals surface area contributed by atoms with Gasteiger partial charge in [0.15, 0.2) is 0 Å². The highest BCUT2D eigenvalue weighted by Gasteiger charge is 2.44. The number of amides is 4. The number of benzene rings is 2. The quantitative estimate of drug-likeness (QED) is 0.193. The first kappa shape index (κ1) is 33.0. The maximum Gasteiger partial charge on any atom is 0.262 e. The maximum absolute atomic E-state index is 13.1. The topological polar surface area (TPSA) is 146 Å². The predicted molar refractivity (Wildman–Crippen MR) is 192 cm³/mol. The van der Waals surface area contributed by atoms with Crippen LogP contribution in [0.3, 0.4) is 0 Å². The second kappa shape index (κ2) is 13.2. The van der Waals surface area contributed by atoms with Crippen molar-refractivity contribution in [3.63, 3.8) is 0 Å². The van der Waals surface area contributed by atoms with Gasteiger partial charge in [-0.2, -0.15) is 5.10 Å². The second-order valence-corrected chi connectivity index (χ2v) is 14.7. The van der Waals surface area contributed by atoms with E-state index in [9.17, 15) is 19.2 Å². The Hall–Kier alpha value is -5.17. The van der Waals surface area contributed by atoms with Gasteiger partial charge in [0.05, 0.1) is 46.3 Å². The number of hydrogen-bond donors (Lipinski definition) is 2. The van der Waals surface area contributed by atoms with Crippen molar-refractivity contribution in [2.75, 3.05) is 36.9 Å². The molecular formula is C38H43N9O4. The number of likely N-dealkylation sites (N-methyl/N-ethyl adjacent to an activating group) is 1. The number of piperidine rings is 1. The van der Waals surface area contributed by atoms with Gasteiger partial charge in [-0.05, 0) is 95.3 Å². The fourth-order valence-electron chi connectivity index (χ4n) is 7.98. The number of piperazine rings is 1. The van der Waals surface area contributed by atoms with Crippen LogP contribution in [-0.4, -0.2) is 98.0 Å². The van der Waals surface area contributed by atoms with Gasteiger partial charge in [-0.25, -0.2) is 4.98 Å². The molecule has 8 rings (SSSR count). The van der Waals surface area contributed by atoms with E-state index in [-0.39, 0.29) is 29.9 Å². The van der Waals surface area contributed by atoms with E-state index in [1.165, 1.54) is 5.69 Å². The first-order valence-electron chi connectivity index (χ1n) is 18.0. The molecule has 1 aliphatic carbocycles. The van der Waals surface area contributed by atoms with Crippen molar-refractivity contribution in [2.45, 2.75) is 76.5 Å². The van der Waals surface area contributed by atoms with E-state index >= 15 is 0 Å². The largest absolute Gasteiger partial charge is 0.385 e. The summed E-state index contributed by atoms with van der Waals surface area (Å²) < 4.78 is 2.07. The number of fused-ring (bicyclic) bond motifs is 2. The highest BCUT2D eigenvalue weighted by atomic mass is 16.2. The highest BCUT2D eigenvalue weighted by Crippen LogP contribution is 2.40. The first-order valence-corrected chi connectivity index (χ1v) is 18.0. The summed E-state index contributed by atoms with van der Waals surface area (Å²) in [7, 11) is 2.20. The minimum atomic E-state index is -0.965. The van der Waals surface area contributed by atoms with E-state index in [1.54, 1.807) is 18.2 Å². The van der Waals surface area contributed by atoms with Gasteiger partial charge in [0.2, 0.25) is 11.8 Å². The normalized spacial score (nSPS) is 25.3. The van der Waals surface area contributed by atoms with Crippen LogP contribution in [0.4, 0.5) is 11.4 Å². The van der Waals surface area contributed by atoms with Gasteiger partial charge in [0.1, 0.15) is 6.04 Å². The summed E-state index contributed by atoms with van der Waals surface area (Å²) >= 11 is 0. The van der Waals surface area contributed by atoms with E-state index in [1.807, 2.05) is 12.4 Å². The number of anilines is 2. The molecule has 264 valence electrons. The fraction of sp³-hybridized carbons (Fsp3) is 0.447. The summed E-state index contributed by atoms with van der Waals surface area (Å²) in [6, 6.07) is 11.9. The van der Waals surface area contributed by atoms with Crippen LogP contribution in [0.15, 0.2) is 55.0 Å². The molecule has 3 aliphatic heterocycles. The van der Waals surface area contributed by atoms with Crippen molar-refractivity contribution in [2.24, 2.45) is 5.92 Å². The third-order valence-corrected chi connectivity index (χ3v) is 11.3. The van der Waals surface area contributed by atoms with E-state index < -0.39 is 23.8 Å². The zero-order chi connectivity index (χ0) is 35.4. The van der Waals surface area contributed by atoms with Crippen molar-refractivity contribution >= 4 is 46.0 Å². The second-order valence-electron chi connectivity index (χ2n) is 14.7. The summed E-state index contributed by atoms with van der Waals surface area (Å²) in [5.74, 6) is -1.37. The van der Waals surface area contributed by atoms with E-state index in [0.29, 0.717) is 24.0 Å². The molecule has 1 saturated carbocycles. The maximum atomic E-state index is 13.1. The predicted octanol–water partition coefficient (Wildman–Crippen LogP) is 4.27. The average Bonchev–Trinajstić information content (AvgIpc) is 3.68. The lowest BCUT2D eigenvalue weighted by atomic mass is 9.77. The third kappa shape index (κ3) is 6.24. The summed E-state index contributed by atoms with van der Waals surface area (Å²) in [4.78, 5) is 65.5. The molecule has 13 nitrogen and oxygen atoms in total. The van der Waals surface area contributed by atoms with Gasteiger partial charge < -0.3 is 10.2 Å². The van der Waals surface area contributed by atoms with E-state index in [2.05, 4.69) is 70.4 Å². The Morgan fingerprint density at radius 3 is 2.49 bits per heavy atom. The molecule has 0 spiro atoms. The number of nitrogens with one attached hydrogen (secondary N) is 2. The van der Waals surface area contributed by atoms with E-state index in [0.717, 1.165) is 78.2 Å². The van der Waals surface area contributed by atoms with Crippen molar-refractivity contribution in [3.8, 4) is 11.3 Å². The Balaban J connectivity index is 0.822. The van der Waals surface area contributed by atoms with Crippen LogP contribution >= 0.6 is 0 Å². The Kier molecular flexibility index (Phi) is 8.53. The Bertz CT molecular complexity index is 2030. The monoisotopic (exact) mass is 689 g/mol. The number of nitrogens with zero attached hydrogens (tertiary/aromatic N) is 7. The Morgan fingerprint density at radius 1 is 0.922 bits per heavy atom. The van der Waals surface area contributed by atoms with Crippen LogP contribution in [0.2, 0.25) is 0 Å². The molecule has 2 saturated heterocycles. The van der Waals surface area contributed by atoms with Crippen molar-refractivity contribution in [1.29, 1.82) is 0 Å². The molecule has 4 amide bonds. The lowest BCUT2D eigenvalue weighted by molar-refractivity contribution is -0.136. The fourth-order valence-corrected chi connectivity index (χ4v) is 7.98. The van der Waals surface area contributed by atoms with Gasteiger partial charge >= 0.3 is 0 Å². The zero-order valence-corrected chi connectivity index (χ0v) is 29.2. The summed E-state index contributed by atoms with van der Waals surface area (Å²) in [5.41, 5.74) is 6.08. The average molecular weight is 690 g/mol. The minimum absolute atomic E-state index is 0.0966. The summed E-state index contributed by atoms with van der Waals surface area (Å²) in [6.45, 7) is 7.26. The minimum Gasteiger partial charge on any atom is -0.385 e. The van der Waals surface area contributed by atoms with Crippen molar-refractivity contribution in [1.82, 2.24) is 34.9 Å². The number of aromatic nitrogens is 4. The number of carbonyl (C=O) groups excluding carboxylic acids is 4. The van der Waals surface area contributed by atoms with Crippen LogP contribution in [0, 0.1) is 5.92 Å². The molecule has 0 bridgehead atoms. The van der Waals surface area contributed by atoms with Crippen LogP contribution in [0.5, 0.6) is 0 Å². The van der Waals surface area contributed by atoms with Gasteiger partial charge in [-0.3, -0.25) is 44.0 Å². The summed E-state index contributed by atoms with van der Waals surface area (Å²) in [6.07, 6.45) is 10.2. The van der Waals surface area contributed by atoms with Crippen LogP contribution in [0.1, 0.15) is 79.1 Å². The molecule has 51 heavy (non-hydrogen) atoms. The molecule has 2 aromatic carbocycles. The standard InChI is InChI=1S/C38H43N9O4/c1-22-19-45(20-23(2)44(22)3)27-7-9-31-32(16-27)42-33(18-40-31)25-17-41-46(21-25)28-13-24(14-28)5-4-12-39-26-6-8-29-30(15-26)38(51)47(37(29)50)34-10-11-35(48)43-36(34)49/h6-9,15-18,21-24,28,34,39H,4-5,10-14,19-20H2,1-3H3,(H,43,48,49)/t22-,23+,24-,28-,34?. The zero-order valence-electron chi connectivity index (χ0n) is 29.2.